The maximum absolute atomic E-state index is 9.20. The van der Waals surface area contributed by atoms with Crippen molar-refractivity contribution in [2.24, 2.45) is 0 Å². The molecule has 1 heterocycles. The van der Waals surface area contributed by atoms with Crippen LogP contribution in [0.25, 0.3) is 11.3 Å². The molecule has 2 N–H and O–H groups in total. The highest BCUT2D eigenvalue weighted by Gasteiger charge is 2.06. The Bertz CT molecular complexity index is 514. The molecule has 0 aliphatic carbocycles. The number of benzene rings is 1. The topological polar surface area (TPSA) is 36.0 Å². The number of aromatic nitrogens is 1. The molecule has 1 aromatic heterocycles. The number of aliphatic hydroxyl groups is 1. The number of hydrogen-bond donors (Lipinski definition) is 2. The van der Waals surface area contributed by atoms with E-state index in [1.165, 1.54) is 4.90 Å². The van der Waals surface area contributed by atoms with Gasteiger partial charge in [-0.05, 0) is 36.2 Å². The molecule has 2 nitrogen and oxygen atoms in total. The molecule has 2 rings (SSSR count). The fraction of sp³-hybridized carbons (Fsp3) is 0.333. The molecule has 0 saturated carbocycles. The van der Waals surface area contributed by atoms with Gasteiger partial charge in [-0.25, -0.2) is 0 Å². The second-order valence-electron chi connectivity index (χ2n) is 4.68. The van der Waals surface area contributed by atoms with Gasteiger partial charge in [0.2, 0.25) is 0 Å². The number of nitrogens with one attached hydrogen (secondary N) is 1. The minimum Gasteiger partial charge on any atom is -0.392 e. The lowest BCUT2D eigenvalue weighted by molar-refractivity contribution is 0.281. The Morgan fingerprint density at radius 1 is 1.22 bits per heavy atom. The highest BCUT2D eigenvalue weighted by Crippen LogP contribution is 2.27. The molecule has 0 bridgehead atoms. The van der Waals surface area contributed by atoms with Gasteiger partial charge in [0.05, 0.1) is 6.61 Å². The Morgan fingerprint density at radius 2 is 1.89 bits per heavy atom. The van der Waals surface area contributed by atoms with E-state index in [1.54, 1.807) is 0 Å². The third-order valence-corrected chi connectivity index (χ3v) is 3.85. The standard InChI is InChI=1S/C15H19NOS/c1-10(2)18-14-6-4-12(5-7-14)15-8-13(9-17)11(3)16-15/h4-8,10,16-17H,9H2,1-3H3. The highest BCUT2D eigenvalue weighted by molar-refractivity contribution is 7.99. The number of rotatable bonds is 4. The van der Waals surface area contributed by atoms with Crippen LogP contribution < -0.4 is 0 Å². The predicted octanol–water partition coefficient (Wildman–Crippen LogP) is 3.98. The quantitative estimate of drug-likeness (QED) is 0.817. The molecule has 1 aromatic carbocycles. The summed E-state index contributed by atoms with van der Waals surface area (Å²) in [6, 6.07) is 10.6. The van der Waals surface area contributed by atoms with Gasteiger partial charge in [-0.2, -0.15) is 0 Å². The van der Waals surface area contributed by atoms with Gasteiger partial charge in [0, 0.05) is 21.5 Å². The highest BCUT2D eigenvalue weighted by atomic mass is 32.2. The van der Waals surface area contributed by atoms with Crippen LogP contribution in [0.3, 0.4) is 0 Å². The van der Waals surface area contributed by atoms with E-state index < -0.39 is 0 Å². The lowest BCUT2D eigenvalue weighted by Crippen LogP contribution is -1.85. The molecule has 96 valence electrons. The van der Waals surface area contributed by atoms with Crippen molar-refractivity contribution in [3.05, 3.63) is 41.6 Å². The van der Waals surface area contributed by atoms with Crippen molar-refractivity contribution < 1.29 is 5.11 Å². The van der Waals surface area contributed by atoms with Crippen LogP contribution in [0, 0.1) is 6.92 Å². The van der Waals surface area contributed by atoms with Gasteiger partial charge in [0.25, 0.3) is 0 Å². The monoisotopic (exact) mass is 261 g/mol. The lowest BCUT2D eigenvalue weighted by Gasteiger charge is -2.05. The molecule has 18 heavy (non-hydrogen) atoms. The summed E-state index contributed by atoms with van der Waals surface area (Å²) < 4.78 is 0. The second kappa shape index (κ2) is 5.63. The Balaban J connectivity index is 2.22. The Labute approximate surface area is 112 Å². The average molecular weight is 261 g/mol. The van der Waals surface area contributed by atoms with Crippen molar-refractivity contribution in [2.45, 2.75) is 37.5 Å². The summed E-state index contributed by atoms with van der Waals surface area (Å²) in [6.07, 6.45) is 0. The van der Waals surface area contributed by atoms with Crippen molar-refractivity contribution >= 4 is 11.8 Å². The number of H-pyrrole nitrogens is 1. The zero-order valence-corrected chi connectivity index (χ0v) is 11.8. The second-order valence-corrected chi connectivity index (χ2v) is 6.33. The van der Waals surface area contributed by atoms with Crippen molar-refractivity contribution in [1.29, 1.82) is 0 Å². The van der Waals surface area contributed by atoms with Crippen LogP contribution in [0.15, 0.2) is 35.2 Å². The summed E-state index contributed by atoms with van der Waals surface area (Å²) >= 11 is 1.86. The van der Waals surface area contributed by atoms with E-state index in [4.69, 9.17) is 0 Å². The summed E-state index contributed by atoms with van der Waals surface area (Å²) in [5, 5.41) is 9.80. The molecular formula is C15H19NOS. The number of aromatic amines is 1. The fourth-order valence-electron chi connectivity index (χ4n) is 1.91. The van der Waals surface area contributed by atoms with Gasteiger partial charge < -0.3 is 10.1 Å². The van der Waals surface area contributed by atoms with Gasteiger partial charge in [-0.15, -0.1) is 11.8 Å². The summed E-state index contributed by atoms with van der Waals surface area (Å²) in [7, 11) is 0. The van der Waals surface area contributed by atoms with Crippen LogP contribution >= 0.6 is 11.8 Å². The summed E-state index contributed by atoms with van der Waals surface area (Å²) in [6.45, 7) is 6.46. The molecule has 0 spiro atoms. The number of aryl methyl sites for hydroxylation is 1. The minimum absolute atomic E-state index is 0.0869. The number of hydrogen-bond acceptors (Lipinski definition) is 2. The normalized spacial score (nSPS) is 11.2. The van der Waals surface area contributed by atoms with E-state index in [9.17, 15) is 5.11 Å². The zero-order chi connectivity index (χ0) is 13.1. The minimum atomic E-state index is 0.0869. The Morgan fingerprint density at radius 3 is 2.39 bits per heavy atom. The molecule has 0 aliphatic heterocycles. The van der Waals surface area contributed by atoms with Gasteiger partial charge in [-0.3, -0.25) is 0 Å². The van der Waals surface area contributed by atoms with Crippen LogP contribution in [0.1, 0.15) is 25.1 Å². The van der Waals surface area contributed by atoms with Crippen molar-refractivity contribution in [3.8, 4) is 11.3 Å². The molecule has 0 aliphatic rings. The fourth-order valence-corrected chi connectivity index (χ4v) is 2.74. The van der Waals surface area contributed by atoms with Gasteiger partial charge in [0.1, 0.15) is 0 Å². The van der Waals surface area contributed by atoms with Gasteiger partial charge >= 0.3 is 0 Å². The Hall–Kier alpha value is -1.19. The first-order valence-electron chi connectivity index (χ1n) is 6.16. The molecule has 2 aromatic rings. The van der Waals surface area contributed by atoms with E-state index in [1.807, 2.05) is 24.8 Å². The van der Waals surface area contributed by atoms with E-state index in [0.717, 1.165) is 22.5 Å². The molecule has 0 unspecified atom stereocenters. The van der Waals surface area contributed by atoms with Crippen LogP contribution in [-0.4, -0.2) is 15.3 Å². The lowest BCUT2D eigenvalue weighted by atomic mass is 10.1. The van der Waals surface area contributed by atoms with Crippen molar-refractivity contribution in [2.75, 3.05) is 0 Å². The maximum atomic E-state index is 9.20. The number of aliphatic hydroxyl groups excluding tert-OH is 1. The van der Waals surface area contributed by atoms with E-state index in [-0.39, 0.29) is 6.61 Å². The molecule has 0 saturated heterocycles. The summed E-state index contributed by atoms with van der Waals surface area (Å²) in [5.74, 6) is 0. The molecule has 0 radical (unpaired) electrons. The molecule has 0 fully saturated rings. The molecule has 0 amide bonds. The van der Waals surface area contributed by atoms with Crippen molar-refractivity contribution in [3.63, 3.8) is 0 Å². The molecule has 3 heteroatoms. The van der Waals surface area contributed by atoms with E-state index >= 15 is 0 Å². The van der Waals surface area contributed by atoms with E-state index in [0.29, 0.717) is 5.25 Å². The van der Waals surface area contributed by atoms with Crippen LogP contribution in [0.5, 0.6) is 0 Å². The molecular weight excluding hydrogens is 242 g/mol. The smallest absolute Gasteiger partial charge is 0.0699 e. The third kappa shape index (κ3) is 2.98. The number of thioether (sulfide) groups is 1. The predicted molar refractivity (Wildman–Crippen MR) is 77.9 cm³/mol. The largest absolute Gasteiger partial charge is 0.392 e. The summed E-state index contributed by atoms with van der Waals surface area (Å²) in [5.41, 5.74) is 4.22. The Kier molecular flexibility index (Phi) is 4.15. The first-order valence-corrected chi connectivity index (χ1v) is 7.04. The van der Waals surface area contributed by atoms with E-state index in [2.05, 4.69) is 43.1 Å². The van der Waals surface area contributed by atoms with Gasteiger partial charge in [-0.1, -0.05) is 26.0 Å². The maximum Gasteiger partial charge on any atom is 0.0699 e. The van der Waals surface area contributed by atoms with Gasteiger partial charge in [0.15, 0.2) is 0 Å². The average Bonchev–Trinajstić information content (AvgIpc) is 2.71. The summed E-state index contributed by atoms with van der Waals surface area (Å²) in [4.78, 5) is 4.60. The first kappa shape index (κ1) is 13.2. The zero-order valence-electron chi connectivity index (χ0n) is 11.0. The van der Waals surface area contributed by atoms with Crippen LogP contribution in [0.2, 0.25) is 0 Å². The first-order chi connectivity index (χ1) is 8.60. The third-order valence-electron chi connectivity index (χ3n) is 2.83. The van der Waals surface area contributed by atoms with Crippen molar-refractivity contribution in [1.82, 2.24) is 4.98 Å². The SMILES string of the molecule is Cc1[nH]c(-c2ccc(SC(C)C)cc2)cc1CO. The molecule has 0 atom stereocenters. The van der Waals surface area contributed by atoms with Crippen LogP contribution in [-0.2, 0) is 6.61 Å². The van der Waals surface area contributed by atoms with Crippen LogP contribution in [0.4, 0.5) is 0 Å².